The van der Waals surface area contributed by atoms with Gasteiger partial charge in [0, 0.05) is 27.7 Å². The number of rotatable bonds is 8. The van der Waals surface area contributed by atoms with Crippen molar-refractivity contribution in [2.75, 3.05) is 6.61 Å². The van der Waals surface area contributed by atoms with Gasteiger partial charge in [0.25, 0.3) is 5.91 Å². The quantitative estimate of drug-likeness (QED) is 0.427. The van der Waals surface area contributed by atoms with Gasteiger partial charge in [0.2, 0.25) is 5.91 Å². The molecule has 0 heterocycles. The zero-order chi connectivity index (χ0) is 24.8. The molecular weight excluding hydrogens is 495 g/mol. The van der Waals surface area contributed by atoms with Crippen LogP contribution >= 0.6 is 34.8 Å². The first-order chi connectivity index (χ1) is 16.2. The number of nitrogens with one attached hydrogen (secondary N) is 1. The first-order valence-electron chi connectivity index (χ1n) is 11.6. The molecule has 1 aliphatic rings. The van der Waals surface area contributed by atoms with E-state index in [4.69, 9.17) is 39.5 Å². The molecule has 0 aromatic heterocycles. The van der Waals surface area contributed by atoms with Crippen molar-refractivity contribution in [2.24, 2.45) is 0 Å². The predicted molar refractivity (Wildman–Crippen MR) is 138 cm³/mol. The van der Waals surface area contributed by atoms with Crippen molar-refractivity contribution < 1.29 is 14.3 Å². The molecule has 0 saturated heterocycles. The highest BCUT2D eigenvalue weighted by Gasteiger charge is 2.29. The Hall–Kier alpha value is -1.95. The Morgan fingerprint density at radius 3 is 2.32 bits per heavy atom. The van der Waals surface area contributed by atoms with Crippen molar-refractivity contribution >= 4 is 46.6 Å². The molecule has 2 aromatic carbocycles. The topological polar surface area (TPSA) is 58.6 Å². The zero-order valence-corrected chi connectivity index (χ0v) is 22.1. The summed E-state index contributed by atoms with van der Waals surface area (Å²) in [4.78, 5) is 27.9. The van der Waals surface area contributed by atoms with Crippen LogP contribution in [0.1, 0.15) is 55.7 Å². The van der Waals surface area contributed by atoms with Gasteiger partial charge in [-0.05, 0) is 74.6 Å². The van der Waals surface area contributed by atoms with Gasteiger partial charge in [-0.25, -0.2) is 0 Å². The summed E-state index contributed by atoms with van der Waals surface area (Å²) in [5.74, 6) is 0.0580. The number of amides is 2. The van der Waals surface area contributed by atoms with E-state index in [9.17, 15) is 9.59 Å². The van der Waals surface area contributed by atoms with Crippen LogP contribution in [0.3, 0.4) is 0 Å². The highest BCUT2D eigenvalue weighted by Crippen LogP contribution is 2.27. The molecule has 1 fully saturated rings. The molecule has 0 spiro atoms. The van der Waals surface area contributed by atoms with E-state index in [0.717, 1.165) is 36.8 Å². The third-order valence-corrected chi connectivity index (χ3v) is 7.43. The van der Waals surface area contributed by atoms with Crippen LogP contribution in [-0.4, -0.2) is 35.4 Å². The molecule has 2 amide bonds. The maximum Gasteiger partial charge on any atom is 0.261 e. The summed E-state index contributed by atoms with van der Waals surface area (Å²) >= 11 is 18.6. The lowest BCUT2D eigenvalue weighted by Crippen LogP contribution is -2.51. The maximum absolute atomic E-state index is 13.3. The molecule has 0 unspecified atom stereocenters. The van der Waals surface area contributed by atoms with Gasteiger partial charge in [-0.1, -0.05) is 60.1 Å². The second-order valence-corrected chi connectivity index (χ2v) is 10.2. The number of hydrogen-bond acceptors (Lipinski definition) is 3. The van der Waals surface area contributed by atoms with Crippen LogP contribution in [0.4, 0.5) is 0 Å². The molecular formula is C26H31Cl3N2O3. The van der Waals surface area contributed by atoms with Crippen LogP contribution in [0.25, 0.3) is 0 Å². The number of aryl methyl sites for hydroxylation is 2. The standard InChI is InChI=1S/C26H31Cl3N2O3/c1-16-11-22(12-17(2)25(16)29)34-15-24(32)31(14-19-9-10-20(27)13-23(19)28)18(3)26(33)30-21-7-5-4-6-8-21/h9-13,18,21H,4-8,14-15H2,1-3H3,(H,30,33)/t18-/m1/s1. The Bertz CT molecular complexity index is 1010. The fourth-order valence-corrected chi connectivity index (χ4v) is 4.78. The number of benzene rings is 2. The van der Waals surface area contributed by atoms with Gasteiger partial charge in [-0.2, -0.15) is 0 Å². The Kier molecular flexibility index (Phi) is 9.52. The fraction of sp³-hybridized carbons (Fsp3) is 0.462. The zero-order valence-electron chi connectivity index (χ0n) is 19.8. The smallest absolute Gasteiger partial charge is 0.261 e. The summed E-state index contributed by atoms with van der Waals surface area (Å²) in [6.45, 7) is 5.45. The van der Waals surface area contributed by atoms with Gasteiger partial charge in [0.15, 0.2) is 6.61 Å². The molecule has 8 heteroatoms. The first-order valence-corrected chi connectivity index (χ1v) is 12.7. The van der Waals surface area contributed by atoms with Crippen molar-refractivity contribution in [2.45, 2.75) is 71.5 Å². The molecule has 1 aliphatic carbocycles. The van der Waals surface area contributed by atoms with Crippen molar-refractivity contribution in [3.8, 4) is 5.75 Å². The minimum atomic E-state index is -0.696. The highest BCUT2D eigenvalue weighted by atomic mass is 35.5. The highest BCUT2D eigenvalue weighted by molar-refractivity contribution is 6.35. The molecule has 2 aromatic rings. The third kappa shape index (κ3) is 7.03. The van der Waals surface area contributed by atoms with Crippen molar-refractivity contribution in [3.05, 3.63) is 62.1 Å². The van der Waals surface area contributed by atoms with Gasteiger partial charge < -0.3 is 15.0 Å². The minimum Gasteiger partial charge on any atom is -0.484 e. The number of carbonyl (C=O) groups is 2. The molecule has 1 N–H and O–H groups in total. The Balaban J connectivity index is 1.76. The Labute approximate surface area is 216 Å². The molecule has 1 atom stereocenters. The number of ether oxygens (including phenoxy) is 1. The van der Waals surface area contributed by atoms with E-state index in [2.05, 4.69) is 5.32 Å². The maximum atomic E-state index is 13.3. The van der Waals surface area contributed by atoms with E-state index >= 15 is 0 Å². The summed E-state index contributed by atoms with van der Waals surface area (Å²) < 4.78 is 5.80. The lowest BCUT2D eigenvalue weighted by molar-refractivity contribution is -0.142. The van der Waals surface area contributed by atoms with Gasteiger partial charge in [-0.3, -0.25) is 9.59 Å². The summed E-state index contributed by atoms with van der Waals surface area (Å²) in [6, 6.07) is 8.15. The molecule has 0 bridgehead atoms. The van der Waals surface area contributed by atoms with Crippen LogP contribution in [0.15, 0.2) is 30.3 Å². The Morgan fingerprint density at radius 2 is 1.71 bits per heavy atom. The van der Waals surface area contributed by atoms with E-state index in [1.54, 1.807) is 37.3 Å². The number of halogens is 3. The van der Waals surface area contributed by atoms with Crippen LogP contribution < -0.4 is 10.1 Å². The first kappa shape index (κ1) is 26.7. The summed E-state index contributed by atoms with van der Waals surface area (Å²) in [5, 5.41) is 4.73. The number of carbonyl (C=O) groups excluding carboxylic acids is 2. The Morgan fingerprint density at radius 1 is 1.06 bits per heavy atom. The van der Waals surface area contributed by atoms with Crippen LogP contribution in [0, 0.1) is 13.8 Å². The van der Waals surface area contributed by atoms with E-state index in [1.807, 2.05) is 13.8 Å². The second kappa shape index (κ2) is 12.1. The third-order valence-electron chi connectivity index (χ3n) is 6.25. The van der Waals surface area contributed by atoms with E-state index in [1.165, 1.54) is 11.3 Å². The lowest BCUT2D eigenvalue weighted by Gasteiger charge is -2.31. The molecule has 5 nitrogen and oxygen atoms in total. The second-order valence-electron chi connectivity index (χ2n) is 8.94. The minimum absolute atomic E-state index is 0.149. The molecule has 3 rings (SSSR count). The monoisotopic (exact) mass is 524 g/mol. The van der Waals surface area contributed by atoms with Crippen LogP contribution in [-0.2, 0) is 16.1 Å². The number of hydrogen-bond donors (Lipinski definition) is 1. The van der Waals surface area contributed by atoms with Gasteiger partial charge in [-0.15, -0.1) is 0 Å². The average Bonchev–Trinajstić information content (AvgIpc) is 2.80. The molecule has 34 heavy (non-hydrogen) atoms. The molecule has 0 radical (unpaired) electrons. The van der Waals surface area contributed by atoms with E-state index in [-0.39, 0.29) is 31.0 Å². The summed E-state index contributed by atoms with van der Waals surface area (Å²) in [6.07, 6.45) is 5.34. The predicted octanol–water partition coefficient (Wildman–Crippen LogP) is 6.51. The molecule has 1 saturated carbocycles. The van der Waals surface area contributed by atoms with E-state index < -0.39 is 6.04 Å². The number of nitrogens with zero attached hydrogens (tertiary/aromatic N) is 1. The average molecular weight is 526 g/mol. The SMILES string of the molecule is Cc1cc(OCC(=O)N(Cc2ccc(Cl)cc2Cl)[C@H](C)C(=O)NC2CCCCC2)cc(C)c1Cl. The summed E-state index contributed by atoms with van der Waals surface area (Å²) in [7, 11) is 0. The van der Waals surface area contributed by atoms with Crippen molar-refractivity contribution in [1.29, 1.82) is 0 Å². The lowest BCUT2D eigenvalue weighted by atomic mass is 9.95. The van der Waals surface area contributed by atoms with Gasteiger partial charge in [0.05, 0.1) is 0 Å². The van der Waals surface area contributed by atoms with Crippen LogP contribution in [0.5, 0.6) is 5.75 Å². The van der Waals surface area contributed by atoms with Gasteiger partial charge in [0.1, 0.15) is 11.8 Å². The summed E-state index contributed by atoms with van der Waals surface area (Å²) in [5.41, 5.74) is 2.44. The van der Waals surface area contributed by atoms with E-state index in [0.29, 0.717) is 26.4 Å². The van der Waals surface area contributed by atoms with Crippen molar-refractivity contribution in [1.82, 2.24) is 10.2 Å². The fourth-order valence-electron chi connectivity index (χ4n) is 4.20. The van der Waals surface area contributed by atoms with Crippen molar-refractivity contribution in [3.63, 3.8) is 0 Å². The normalized spacial score (nSPS) is 15.0. The van der Waals surface area contributed by atoms with Gasteiger partial charge >= 0.3 is 0 Å². The molecule has 0 aliphatic heterocycles. The van der Waals surface area contributed by atoms with Crippen LogP contribution in [0.2, 0.25) is 15.1 Å². The largest absolute Gasteiger partial charge is 0.484 e. The molecule has 184 valence electrons.